The van der Waals surface area contributed by atoms with Crippen LogP contribution >= 0.6 is 22.9 Å². The molecule has 5 heteroatoms. The number of halogens is 2. The SMILES string of the molecule is NCC(c1ccc(F)cc1Cl)C(O)c1cccs1. The van der Waals surface area contributed by atoms with E-state index >= 15 is 0 Å². The zero-order chi connectivity index (χ0) is 13.1. The lowest BCUT2D eigenvalue weighted by atomic mass is 9.92. The topological polar surface area (TPSA) is 46.2 Å². The average molecular weight is 286 g/mol. The largest absolute Gasteiger partial charge is 0.387 e. The van der Waals surface area contributed by atoms with E-state index in [1.807, 2.05) is 17.5 Å². The van der Waals surface area contributed by atoms with E-state index in [4.69, 9.17) is 17.3 Å². The third kappa shape index (κ3) is 2.72. The number of aliphatic hydroxyl groups is 1. The molecular weight excluding hydrogens is 273 g/mol. The van der Waals surface area contributed by atoms with Crippen LogP contribution in [0.2, 0.25) is 5.02 Å². The Morgan fingerprint density at radius 3 is 2.72 bits per heavy atom. The van der Waals surface area contributed by atoms with Gasteiger partial charge in [-0.25, -0.2) is 4.39 Å². The summed E-state index contributed by atoms with van der Waals surface area (Å²) < 4.78 is 13.0. The van der Waals surface area contributed by atoms with Crippen LogP contribution in [0.25, 0.3) is 0 Å². The van der Waals surface area contributed by atoms with E-state index in [2.05, 4.69) is 0 Å². The number of nitrogens with two attached hydrogens (primary N) is 1. The smallest absolute Gasteiger partial charge is 0.124 e. The number of thiophene rings is 1. The summed E-state index contributed by atoms with van der Waals surface area (Å²) in [5, 5.41) is 12.5. The van der Waals surface area contributed by atoms with Gasteiger partial charge in [-0.2, -0.15) is 0 Å². The van der Waals surface area contributed by atoms with E-state index < -0.39 is 11.9 Å². The molecule has 2 nitrogen and oxygen atoms in total. The lowest BCUT2D eigenvalue weighted by Gasteiger charge is -2.22. The van der Waals surface area contributed by atoms with Crippen molar-refractivity contribution in [2.45, 2.75) is 12.0 Å². The highest BCUT2D eigenvalue weighted by Crippen LogP contribution is 2.36. The Bertz CT molecular complexity index is 518. The monoisotopic (exact) mass is 285 g/mol. The molecule has 0 saturated carbocycles. The van der Waals surface area contributed by atoms with Crippen molar-refractivity contribution >= 4 is 22.9 Å². The molecule has 0 bridgehead atoms. The molecule has 2 rings (SSSR count). The maximum Gasteiger partial charge on any atom is 0.124 e. The van der Waals surface area contributed by atoms with Crippen LogP contribution in [0.3, 0.4) is 0 Å². The molecule has 1 aromatic heterocycles. The molecule has 0 aliphatic rings. The summed E-state index contributed by atoms with van der Waals surface area (Å²) in [5.74, 6) is -0.734. The first-order valence-corrected chi connectivity index (χ1v) is 6.75. The molecule has 0 aliphatic heterocycles. The van der Waals surface area contributed by atoms with Gasteiger partial charge in [0.25, 0.3) is 0 Å². The van der Waals surface area contributed by atoms with E-state index in [0.717, 1.165) is 4.88 Å². The third-order valence-corrected chi connectivity index (χ3v) is 4.10. The Morgan fingerprint density at radius 2 is 2.17 bits per heavy atom. The summed E-state index contributed by atoms with van der Waals surface area (Å²) in [6.07, 6.45) is -0.724. The van der Waals surface area contributed by atoms with Crippen molar-refractivity contribution < 1.29 is 9.50 Å². The van der Waals surface area contributed by atoms with Crippen LogP contribution in [0, 0.1) is 5.82 Å². The Kier molecular flexibility index (Phi) is 4.35. The molecule has 18 heavy (non-hydrogen) atoms. The van der Waals surface area contributed by atoms with Gasteiger partial charge in [0, 0.05) is 22.4 Å². The molecule has 0 radical (unpaired) electrons. The van der Waals surface area contributed by atoms with E-state index in [9.17, 15) is 9.50 Å². The number of hydrogen-bond donors (Lipinski definition) is 2. The lowest BCUT2D eigenvalue weighted by Crippen LogP contribution is -2.20. The number of hydrogen-bond acceptors (Lipinski definition) is 3. The fourth-order valence-electron chi connectivity index (χ4n) is 1.89. The van der Waals surface area contributed by atoms with Crippen molar-refractivity contribution in [2.75, 3.05) is 6.54 Å². The minimum atomic E-state index is -0.724. The van der Waals surface area contributed by atoms with Crippen molar-refractivity contribution in [1.29, 1.82) is 0 Å². The highest BCUT2D eigenvalue weighted by Gasteiger charge is 2.24. The second-order valence-corrected chi connectivity index (χ2v) is 5.35. The molecule has 1 aromatic carbocycles. The van der Waals surface area contributed by atoms with E-state index in [0.29, 0.717) is 10.6 Å². The van der Waals surface area contributed by atoms with Gasteiger partial charge >= 0.3 is 0 Å². The summed E-state index contributed by atoms with van der Waals surface area (Å²) in [6.45, 7) is 0.240. The van der Waals surface area contributed by atoms with Crippen LogP contribution in [-0.2, 0) is 0 Å². The molecule has 0 fully saturated rings. The predicted molar refractivity (Wildman–Crippen MR) is 72.5 cm³/mol. The predicted octanol–water partition coefficient (Wildman–Crippen LogP) is 3.32. The van der Waals surface area contributed by atoms with E-state index in [-0.39, 0.29) is 12.5 Å². The Balaban J connectivity index is 2.33. The second-order valence-electron chi connectivity index (χ2n) is 3.97. The van der Waals surface area contributed by atoms with Crippen LogP contribution in [0.4, 0.5) is 4.39 Å². The molecule has 1 heterocycles. The van der Waals surface area contributed by atoms with Gasteiger partial charge in [0.15, 0.2) is 0 Å². The van der Waals surface area contributed by atoms with Gasteiger partial charge in [-0.1, -0.05) is 23.7 Å². The molecular formula is C13H13ClFNOS. The van der Waals surface area contributed by atoms with Crippen molar-refractivity contribution in [3.63, 3.8) is 0 Å². The maximum atomic E-state index is 13.0. The first-order valence-electron chi connectivity index (χ1n) is 5.50. The van der Waals surface area contributed by atoms with Crippen molar-refractivity contribution in [3.8, 4) is 0 Å². The standard InChI is InChI=1S/C13H13ClFNOS/c14-11-6-8(15)3-4-9(11)10(7-16)13(17)12-2-1-5-18-12/h1-6,10,13,17H,7,16H2. The number of rotatable bonds is 4. The minimum Gasteiger partial charge on any atom is -0.387 e. The zero-order valence-electron chi connectivity index (χ0n) is 9.51. The summed E-state index contributed by atoms with van der Waals surface area (Å²) in [5.41, 5.74) is 6.38. The summed E-state index contributed by atoms with van der Waals surface area (Å²) >= 11 is 7.46. The van der Waals surface area contributed by atoms with E-state index in [1.54, 1.807) is 6.07 Å². The Morgan fingerprint density at radius 1 is 1.39 bits per heavy atom. The normalized spacial score (nSPS) is 14.4. The minimum absolute atomic E-state index is 0.240. The molecule has 0 spiro atoms. The zero-order valence-corrected chi connectivity index (χ0v) is 11.1. The fraction of sp³-hybridized carbons (Fsp3) is 0.231. The number of benzene rings is 1. The van der Waals surface area contributed by atoms with E-state index in [1.165, 1.54) is 23.5 Å². The van der Waals surface area contributed by atoms with Gasteiger partial charge in [-0.3, -0.25) is 0 Å². The molecule has 0 aliphatic carbocycles. The average Bonchev–Trinajstić information content (AvgIpc) is 2.86. The van der Waals surface area contributed by atoms with Gasteiger partial charge in [0.1, 0.15) is 5.82 Å². The third-order valence-electron chi connectivity index (χ3n) is 2.83. The Labute approximate surface area is 114 Å². The highest BCUT2D eigenvalue weighted by atomic mass is 35.5. The molecule has 0 amide bonds. The Hall–Kier alpha value is -0.940. The second kappa shape index (κ2) is 5.80. The molecule has 0 saturated heterocycles. The molecule has 3 N–H and O–H groups in total. The highest BCUT2D eigenvalue weighted by molar-refractivity contribution is 7.10. The van der Waals surface area contributed by atoms with Crippen molar-refractivity contribution in [1.82, 2.24) is 0 Å². The fourth-order valence-corrected chi connectivity index (χ4v) is 2.97. The lowest BCUT2D eigenvalue weighted by molar-refractivity contribution is 0.151. The van der Waals surface area contributed by atoms with Gasteiger partial charge in [-0.05, 0) is 29.1 Å². The molecule has 2 aromatic rings. The first kappa shape index (κ1) is 13.5. The van der Waals surface area contributed by atoms with Crippen LogP contribution in [-0.4, -0.2) is 11.7 Å². The van der Waals surface area contributed by atoms with Gasteiger partial charge in [0.2, 0.25) is 0 Å². The molecule has 96 valence electrons. The van der Waals surface area contributed by atoms with Crippen LogP contribution in [0.5, 0.6) is 0 Å². The number of aliphatic hydroxyl groups excluding tert-OH is 1. The van der Waals surface area contributed by atoms with Crippen molar-refractivity contribution in [3.05, 3.63) is 57.0 Å². The quantitative estimate of drug-likeness (QED) is 0.905. The summed E-state index contributed by atoms with van der Waals surface area (Å²) in [4.78, 5) is 0.825. The van der Waals surface area contributed by atoms with Crippen molar-refractivity contribution in [2.24, 2.45) is 5.73 Å². The van der Waals surface area contributed by atoms with Gasteiger partial charge in [-0.15, -0.1) is 11.3 Å². The summed E-state index contributed by atoms with van der Waals surface area (Å²) in [7, 11) is 0. The first-order chi connectivity index (χ1) is 8.63. The molecule has 2 atom stereocenters. The van der Waals surface area contributed by atoms with Crippen LogP contribution in [0.15, 0.2) is 35.7 Å². The molecule has 2 unspecified atom stereocenters. The van der Waals surface area contributed by atoms with Gasteiger partial charge in [0.05, 0.1) is 6.10 Å². The summed E-state index contributed by atoms with van der Waals surface area (Å²) in [6, 6.07) is 7.84. The van der Waals surface area contributed by atoms with Crippen LogP contribution < -0.4 is 5.73 Å². The maximum absolute atomic E-state index is 13.0. The van der Waals surface area contributed by atoms with Crippen LogP contribution in [0.1, 0.15) is 22.5 Å². The van der Waals surface area contributed by atoms with Gasteiger partial charge < -0.3 is 10.8 Å².